The summed E-state index contributed by atoms with van der Waals surface area (Å²) in [7, 11) is 0. The van der Waals surface area contributed by atoms with Gasteiger partial charge in [0.15, 0.2) is 5.82 Å². The molecule has 1 aliphatic carbocycles. The predicted molar refractivity (Wildman–Crippen MR) is 79.4 cm³/mol. The fourth-order valence-corrected chi connectivity index (χ4v) is 2.15. The molecule has 1 aromatic carbocycles. The first-order chi connectivity index (χ1) is 10.1. The zero-order valence-corrected chi connectivity index (χ0v) is 12.3. The van der Waals surface area contributed by atoms with E-state index in [9.17, 15) is 4.79 Å². The molecule has 1 fully saturated rings. The summed E-state index contributed by atoms with van der Waals surface area (Å²) in [5, 5.41) is 10.4. The number of rotatable bonds is 5. The van der Waals surface area contributed by atoms with E-state index in [1.807, 2.05) is 0 Å². The van der Waals surface area contributed by atoms with Gasteiger partial charge in [0.2, 0.25) is 11.8 Å². The zero-order chi connectivity index (χ0) is 14.8. The number of halogens is 1. The molecule has 0 unspecified atom stereocenters. The Balaban J connectivity index is 1.70. The van der Waals surface area contributed by atoms with Crippen LogP contribution in [0.3, 0.4) is 0 Å². The van der Waals surface area contributed by atoms with Crippen molar-refractivity contribution in [2.75, 3.05) is 10.6 Å². The molecule has 1 amide bonds. The van der Waals surface area contributed by atoms with Crippen LogP contribution in [0, 0.1) is 0 Å². The molecule has 0 saturated heterocycles. The summed E-state index contributed by atoms with van der Waals surface area (Å²) < 4.78 is 5.19. The second-order valence-corrected chi connectivity index (χ2v) is 5.48. The van der Waals surface area contributed by atoms with E-state index in [-0.39, 0.29) is 5.91 Å². The maximum Gasteiger partial charge on any atom is 0.245 e. The number of carbonyl (C=O) groups excluding carboxylic acids is 1. The molecule has 21 heavy (non-hydrogen) atoms. The van der Waals surface area contributed by atoms with E-state index in [0.29, 0.717) is 34.8 Å². The molecule has 1 aliphatic rings. The molecule has 0 bridgehead atoms. The fraction of sp³-hybridized carbons (Fsp3) is 0.357. The minimum absolute atomic E-state index is 0.144. The molecule has 2 N–H and O–H groups in total. The van der Waals surface area contributed by atoms with Crippen LogP contribution < -0.4 is 10.6 Å². The van der Waals surface area contributed by atoms with Crippen molar-refractivity contribution in [1.82, 2.24) is 10.1 Å². The fourth-order valence-electron chi connectivity index (χ4n) is 1.98. The number of benzene rings is 1. The van der Waals surface area contributed by atoms with Gasteiger partial charge < -0.3 is 15.2 Å². The van der Waals surface area contributed by atoms with Crippen molar-refractivity contribution in [3.05, 3.63) is 34.9 Å². The number of nitrogens with one attached hydrogen (secondary N) is 2. The summed E-state index contributed by atoms with van der Waals surface area (Å²) >= 11 is 5.98. The molecule has 6 nitrogen and oxygen atoms in total. The summed E-state index contributed by atoms with van der Waals surface area (Å²) in [4.78, 5) is 15.5. The third-order valence-corrected chi connectivity index (χ3v) is 3.38. The zero-order valence-electron chi connectivity index (χ0n) is 11.5. The first-order valence-corrected chi connectivity index (χ1v) is 7.13. The van der Waals surface area contributed by atoms with Crippen molar-refractivity contribution in [2.45, 2.75) is 32.2 Å². The molecule has 2 aromatic rings. The minimum Gasteiger partial charge on any atom is -0.374 e. The van der Waals surface area contributed by atoms with Crippen LogP contribution >= 0.6 is 11.6 Å². The molecule has 0 atom stereocenters. The minimum atomic E-state index is -0.144. The molecule has 1 heterocycles. The number of hydrogen-bond donors (Lipinski definition) is 2. The van der Waals surface area contributed by atoms with Crippen LogP contribution in [0.1, 0.15) is 37.4 Å². The smallest absolute Gasteiger partial charge is 0.245 e. The van der Waals surface area contributed by atoms with Gasteiger partial charge in [0.1, 0.15) is 0 Å². The standard InChI is InChI=1S/C14H15ClN4O2/c1-8(20)17-11-5-4-10(15)6-12(11)16-7-13-18-14(19-21-13)9-2-3-9/h4-6,9,16H,2-3,7H2,1H3,(H,17,20). The molecule has 7 heteroatoms. The molecule has 110 valence electrons. The van der Waals surface area contributed by atoms with Crippen molar-refractivity contribution in [3.8, 4) is 0 Å². The highest BCUT2D eigenvalue weighted by Gasteiger charge is 2.28. The van der Waals surface area contributed by atoms with Crippen molar-refractivity contribution >= 4 is 28.9 Å². The Labute approximate surface area is 126 Å². The molecule has 1 saturated carbocycles. The summed E-state index contributed by atoms with van der Waals surface area (Å²) in [5.74, 6) is 1.61. The monoisotopic (exact) mass is 306 g/mol. The van der Waals surface area contributed by atoms with Gasteiger partial charge in [-0.2, -0.15) is 4.98 Å². The second kappa shape index (κ2) is 5.73. The van der Waals surface area contributed by atoms with Crippen molar-refractivity contribution < 1.29 is 9.32 Å². The van der Waals surface area contributed by atoms with Gasteiger partial charge in [0.25, 0.3) is 0 Å². The van der Waals surface area contributed by atoms with Crippen LogP contribution in [-0.4, -0.2) is 16.0 Å². The molecular formula is C14H15ClN4O2. The maximum atomic E-state index is 11.2. The van der Waals surface area contributed by atoms with Crippen LogP contribution in [0.4, 0.5) is 11.4 Å². The Morgan fingerprint density at radius 2 is 2.24 bits per heavy atom. The van der Waals surface area contributed by atoms with E-state index < -0.39 is 0 Å². The molecule has 0 spiro atoms. The lowest BCUT2D eigenvalue weighted by Crippen LogP contribution is -2.09. The highest BCUT2D eigenvalue weighted by atomic mass is 35.5. The number of amides is 1. The van der Waals surface area contributed by atoms with Crippen molar-refractivity contribution in [3.63, 3.8) is 0 Å². The Bertz CT molecular complexity index is 667. The quantitative estimate of drug-likeness (QED) is 0.887. The van der Waals surface area contributed by atoms with Gasteiger partial charge in [-0.15, -0.1) is 0 Å². The Morgan fingerprint density at radius 3 is 2.95 bits per heavy atom. The predicted octanol–water partition coefficient (Wildman–Crippen LogP) is 3.17. The summed E-state index contributed by atoms with van der Waals surface area (Å²) in [5.41, 5.74) is 1.37. The van der Waals surface area contributed by atoms with E-state index >= 15 is 0 Å². The average molecular weight is 307 g/mol. The van der Waals surface area contributed by atoms with E-state index in [2.05, 4.69) is 20.8 Å². The lowest BCUT2D eigenvalue weighted by atomic mass is 10.2. The third kappa shape index (κ3) is 3.52. The average Bonchev–Trinajstić information content (AvgIpc) is 3.18. The van der Waals surface area contributed by atoms with Crippen molar-refractivity contribution in [2.24, 2.45) is 0 Å². The topological polar surface area (TPSA) is 80.0 Å². The van der Waals surface area contributed by atoms with Crippen molar-refractivity contribution in [1.29, 1.82) is 0 Å². The first kappa shape index (κ1) is 13.9. The number of aromatic nitrogens is 2. The summed E-state index contributed by atoms with van der Waals surface area (Å²) in [6.07, 6.45) is 2.26. The van der Waals surface area contributed by atoms with E-state index in [0.717, 1.165) is 18.7 Å². The van der Waals surface area contributed by atoms with Gasteiger partial charge in [-0.25, -0.2) is 0 Å². The van der Waals surface area contributed by atoms with Crippen LogP contribution in [0.5, 0.6) is 0 Å². The first-order valence-electron chi connectivity index (χ1n) is 6.75. The Hall–Kier alpha value is -2.08. The van der Waals surface area contributed by atoms with Crippen LogP contribution in [0.25, 0.3) is 0 Å². The Morgan fingerprint density at radius 1 is 1.43 bits per heavy atom. The lowest BCUT2D eigenvalue weighted by molar-refractivity contribution is -0.114. The molecule has 0 radical (unpaired) electrons. The van der Waals surface area contributed by atoms with Gasteiger partial charge in [0.05, 0.1) is 17.9 Å². The van der Waals surface area contributed by atoms with Gasteiger partial charge in [-0.05, 0) is 31.0 Å². The highest BCUT2D eigenvalue weighted by molar-refractivity contribution is 6.31. The maximum absolute atomic E-state index is 11.2. The SMILES string of the molecule is CC(=O)Nc1ccc(Cl)cc1NCc1nc(C2CC2)no1. The lowest BCUT2D eigenvalue weighted by Gasteiger charge is -2.11. The highest BCUT2D eigenvalue weighted by Crippen LogP contribution is 2.38. The van der Waals surface area contributed by atoms with Crippen LogP contribution in [0.15, 0.2) is 22.7 Å². The van der Waals surface area contributed by atoms with Gasteiger partial charge in [-0.1, -0.05) is 16.8 Å². The molecule has 0 aliphatic heterocycles. The van der Waals surface area contributed by atoms with E-state index in [1.54, 1.807) is 18.2 Å². The number of hydrogen-bond acceptors (Lipinski definition) is 5. The number of carbonyl (C=O) groups is 1. The van der Waals surface area contributed by atoms with E-state index in [1.165, 1.54) is 6.92 Å². The van der Waals surface area contributed by atoms with Crippen LogP contribution in [0.2, 0.25) is 5.02 Å². The van der Waals surface area contributed by atoms with Gasteiger partial charge >= 0.3 is 0 Å². The molecular weight excluding hydrogens is 292 g/mol. The second-order valence-electron chi connectivity index (χ2n) is 5.05. The number of anilines is 2. The normalized spacial score (nSPS) is 14.0. The summed E-state index contributed by atoms with van der Waals surface area (Å²) in [6, 6.07) is 5.20. The molecule has 1 aromatic heterocycles. The van der Waals surface area contributed by atoms with Gasteiger partial charge in [0, 0.05) is 17.9 Å². The third-order valence-electron chi connectivity index (χ3n) is 3.15. The number of nitrogens with zero attached hydrogens (tertiary/aromatic N) is 2. The van der Waals surface area contributed by atoms with Gasteiger partial charge in [-0.3, -0.25) is 4.79 Å². The van der Waals surface area contributed by atoms with E-state index in [4.69, 9.17) is 16.1 Å². The molecule has 3 rings (SSSR count). The Kier molecular flexibility index (Phi) is 3.79. The summed E-state index contributed by atoms with van der Waals surface area (Å²) in [6.45, 7) is 1.84. The van der Waals surface area contributed by atoms with Crippen LogP contribution in [-0.2, 0) is 11.3 Å². The largest absolute Gasteiger partial charge is 0.374 e.